The fraction of sp³-hybridized carbons (Fsp3) is 0.846. The number of hydrogen-bond acceptors (Lipinski definition) is 3. The average molecular weight is 224 g/mol. The molecule has 0 radical (unpaired) electrons. The van der Waals surface area contributed by atoms with Gasteiger partial charge in [-0.25, -0.2) is 0 Å². The van der Waals surface area contributed by atoms with E-state index in [9.17, 15) is 5.11 Å². The second-order valence-corrected chi connectivity index (χ2v) is 5.52. The largest absolute Gasteiger partial charge is 0.392 e. The standard InChI is InChI=1S/C13H20O3/c1-12-5-6-13(15-7-8-16-13)9-10(12)3-2-4-11(12)14/h3,11,14H,2,4-9H2,1H3/t11?,12-/m0/s1. The van der Waals surface area contributed by atoms with Crippen LogP contribution in [0.25, 0.3) is 0 Å². The first-order chi connectivity index (χ1) is 7.65. The molecule has 16 heavy (non-hydrogen) atoms. The molecule has 3 heteroatoms. The summed E-state index contributed by atoms with van der Waals surface area (Å²) in [6.07, 6.45) is 6.72. The Hall–Kier alpha value is -0.380. The lowest BCUT2D eigenvalue weighted by Crippen LogP contribution is -2.46. The minimum absolute atomic E-state index is 0.0290. The molecule has 3 aliphatic rings. The Bertz CT molecular complexity index is 317. The summed E-state index contributed by atoms with van der Waals surface area (Å²) in [5.74, 6) is -0.359. The third kappa shape index (κ3) is 1.45. The maximum atomic E-state index is 10.2. The van der Waals surface area contributed by atoms with E-state index in [0.717, 1.165) is 32.1 Å². The van der Waals surface area contributed by atoms with E-state index < -0.39 is 0 Å². The van der Waals surface area contributed by atoms with Crippen molar-refractivity contribution in [3.63, 3.8) is 0 Å². The number of hydrogen-bond donors (Lipinski definition) is 1. The number of fused-ring (bicyclic) bond motifs is 1. The SMILES string of the molecule is C[C@]12CCC3(CC1=CCCC2O)OCCO3. The summed E-state index contributed by atoms with van der Waals surface area (Å²) in [4.78, 5) is 0. The lowest BCUT2D eigenvalue weighted by molar-refractivity contribution is -0.183. The molecule has 2 fully saturated rings. The predicted octanol–water partition coefficient (Wildman–Crippen LogP) is 2.00. The fourth-order valence-electron chi connectivity index (χ4n) is 3.35. The molecule has 1 saturated carbocycles. The van der Waals surface area contributed by atoms with Gasteiger partial charge >= 0.3 is 0 Å². The van der Waals surface area contributed by atoms with Gasteiger partial charge in [-0.05, 0) is 19.3 Å². The summed E-state index contributed by atoms with van der Waals surface area (Å²) in [5, 5.41) is 10.2. The van der Waals surface area contributed by atoms with Crippen molar-refractivity contribution < 1.29 is 14.6 Å². The van der Waals surface area contributed by atoms with Gasteiger partial charge in [0.1, 0.15) is 0 Å². The molecule has 1 heterocycles. The first kappa shape index (κ1) is 10.8. The van der Waals surface area contributed by atoms with Gasteiger partial charge in [-0.3, -0.25) is 0 Å². The highest BCUT2D eigenvalue weighted by Crippen LogP contribution is 2.52. The zero-order valence-electron chi connectivity index (χ0n) is 9.87. The smallest absolute Gasteiger partial charge is 0.172 e. The maximum absolute atomic E-state index is 10.2. The second-order valence-electron chi connectivity index (χ2n) is 5.52. The van der Waals surface area contributed by atoms with Gasteiger partial charge in [0.2, 0.25) is 0 Å². The topological polar surface area (TPSA) is 38.7 Å². The quantitative estimate of drug-likeness (QED) is 0.640. The minimum atomic E-state index is -0.359. The van der Waals surface area contributed by atoms with E-state index in [2.05, 4.69) is 13.0 Å². The van der Waals surface area contributed by atoms with Crippen LogP contribution in [0, 0.1) is 5.41 Å². The van der Waals surface area contributed by atoms with Crippen LogP contribution < -0.4 is 0 Å². The van der Waals surface area contributed by atoms with Gasteiger partial charge in [0.15, 0.2) is 5.79 Å². The molecule has 1 saturated heterocycles. The van der Waals surface area contributed by atoms with Crippen molar-refractivity contribution in [3.05, 3.63) is 11.6 Å². The zero-order valence-corrected chi connectivity index (χ0v) is 9.87. The Morgan fingerprint density at radius 3 is 2.81 bits per heavy atom. The van der Waals surface area contributed by atoms with Crippen molar-refractivity contribution in [3.8, 4) is 0 Å². The van der Waals surface area contributed by atoms with Crippen LogP contribution in [-0.2, 0) is 9.47 Å². The summed E-state index contributed by atoms with van der Waals surface area (Å²) in [5.41, 5.74) is 1.32. The number of aliphatic hydroxyl groups is 1. The molecule has 0 aromatic carbocycles. The van der Waals surface area contributed by atoms with Gasteiger partial charge in [0.05, 0.1) is 19.3 Å². The Morgan fingerprint density at radius 1 is 1.31 bits per heavy atom. The van der Waals surface area contributed by atoms with E-state index in [1.807, 2.05) is 0 Å². The third-order valence-electron chi connectivity index (χ3n) is 4.60. The molecule has 90 valence electrons. The highest BCUT2D eigenvalue weighted by Gasteiger charge is 2.50. The van der Waals surface area contributed by atoms with E-state index >= 15 is 0 Å². The molecule has 1 aliphatic heterocycles. The first-order valence-corrected chi connectivity index (χ1v) is 6.30. The summed E-state index contributed by atoms with van der Waals surface area (Å²) in [6.45, 7) is 3.61. The summed E-state index contributed by atoms with van der Waals surface area (Å²) in [7, 11) is 0. The summed E-state index contributed by atoms with van der Waals surface area (Å²) >= 11 is 0. The van der Waals surface area contributed by atoms with Crippen molar-refractivity contribution in [2.75, 3.05) is 13.2 Å². The van der Waals surface area contributed by atoms with E-state index in [1.165, 1.54) is 5.57 Å². The van der Waals surface area contributed by atoms with Crippen molar-refractivity contribution in [1.82, 2.24) is 0 Å². The number of rotatable bonds is 0. The molecule has 2 atom stereocenters. The molecule has 0 aromatic rings. The second kappa shape index (κ2) is 3.56. The van der Waals surface area contributed by atoms with Crippen LogP contribution in [0.15, 0.2) is 11.6 Å². The molecular weight excluding hydrogens is 204 g/mol. The molecule has 0 amide bonds. The van der Waals surface area contributed by atoms with Crippen molar-refractivity contribution >= 4 is 0 Å². The zero-order chi connectivity index (χ0) is 11.2. The van der Waals surface area contributed by atoms with E-state index in [1.54, 1.807) is 0 Å². The number of allylic oxidation sites excluding steroid dienone is 1. The highest BCUT2D eigenvalue weighted by molar-refractivity contribution is 5.24. The number of ether oxygens (including phenoxy) is 2. The minimum Gasteiger partial charge on any atom is -0.392 e. The lowest BCUT2D eigenvalue weighted by atomic mass is 9.63. The van der Waals surface area contributed by atoms with Crippen molar-refractivity contribution in [1.29, 1.82) is 0 Å². The number of aliphatic hydroxyl groups excluding tert-OH is 1. The normalized spacial score (nSPS) is 41.9. The predicted molar refractivity (Wildman–Crippen MR) is 59.9 cm³/mol. The molecule has 3 rings (SSSR count). The van der Waals surface area contributed by atoms with Crippen molar-refractivity contribution in [2.45, 2.75) is 50.9 Å². The Balaban J connectivity index is 1.87. The lowest BCUT2D eigenvalue weighted by Gasteiger charge is -2.48. The molecule has 3 nitrogen and oxygen atoms in total. The van der Waals surface area contributed by atoms with Crippen molar-refractivity contribution in [2.24, 2.45) is 5.41 Å². The molecule has 2 aliphatic carbocycles. The van der Waals surface area contributed by atoms with Crippen LogP contribution in [0.2, 0.25) is 0 Å². The Morgan fingerprint density at radius 2 is 2.06 bits per heavy atom. The summed E-state index contributed by atoms with van der Waals surface area (Å²) < 4.78 is 11.5. The summed E-state index contributed by atoms with van der Waals surface area (Å²) in [6, 6.07) is 0. The van der Waals surface area contributed by atoms with Gasteiger partial charge in [0.25, 0.3) is 0 Å². The third-order valence-corrected chi connectivity index (χ3v) is 4.60. The van der Waals surface area contributed by atoms with Gasteiger partial charge in [0, 0.05) is 18.3 Å². The first-order valence-electron chi connectivity index (χ1n) is 6.30. The van der Waals surface area contributed by atoms with E-state index in [-0.39, 0.29) is 17.3 Å². The fourth-order valence-corrected chi connectivity index (χ4v) is 3.35. The van der Waals surface area contributed by atoms with Crippen LogP contribution in [-0.4, -0.2) is 30.2 Å². The Kier molecular flexibility index (Phi) is 2.39. The highest BCUT2D eigenvalue weighted by atomic mass is 16.7. The van der Waals surface area contributed by atoms with Gasteiger partial charge in [-0.15, -0.1) is 0 Å². The monoisotopic (exact) mass is 224 g/mol. The van der Waals surface area contributed by atoms with Crippen LogP contribution in [0.3, 0.4) is 0 Å². The van der Waals surface area contributed by atoms with Crippen LogP contribution in [0.5, 0.6) is 0 Å². The van der Waals surface area contributed by atoms with Crippen LogP contribution >= 0.6 is 0 Å². The molecule has 1 unspecified atom stereocenters. The molecule has 0 aromatic heterocycles. The van der Waals surface area contributed by atoms with Gasteiger partial charge in [-0.1, -0.05) is 18.6 Å². The molecular formula is C13H20O3. The van der Waals surface area contributed by atoms with E-state index in [0.29, 0.717) is 13.2 Å². The van der Waals surface area contributed by atoms with Gasteiger partial charge < -0.3 is 14.6 Å². The maximum Gasteiger partial charge on any atom is 0.172 e. The van der Waals surface area contributed by atoms with Crippen LogP contribution in [0.1, 0.15) is 39.0 Å². The van der Waals surface area contributed by atoms with Crippen LogP contribution in [0.4, 0.5) is 0 Å². The molecule has 0 bridgehead atoms. The van der Waals surface area contributed by atoms with Gasteiger partial charge in [-0.2, -0.15) is 0 Å². The molecule has 1 spiro atoms. The average Bonchev–Trinajstić information content (AvgIpc) is 2.71. The molecule has 1 N–H and O–H groups in total. The van der Waals surface area contributed by atoms with E-state index in [4.69, 9.17) is 9.47 Å². The Labute approximate surface area is 96.4 Å².